The predicted molar refractivity (Wildman–Crippen MR) is 147 cm³/mol. The van der Waals surface area contributed by atoms with Gasteiger partial charge in [0.1, 0.15) is 5.82 Å². The van der Waals surface area contributed by atoms with Crippen LogP contribution in [-0.4, -0.2) is 35.2 Å². The molecule has 0 amide bonds. The standard InChI is InChI=1S/C25H24N6O6S2/c1-4-28-20-11-9-18(15-26)13-22(20)30(16-38-37-36-32)24(28)7-6-8-25-29(5-2)21-12-10-19(27-3)14-23(21)31(25)17-39(33,34)35/h6-14H,4-5,16-17H2,1-2H3,(H-,32,33,34,35)/p+1. The van der Waals surface area contributed by atoms with Crippen LogP contribution in [0.25, 0.3) is 22.0 Å². The summed E-state index contributed by atoms with van der Waals surface area (Å²) in [6, 6.07) is 12.5. The van der Waals surface area contributed by atoms with Crippen LogP contribution in [0.15, 0.2) is 54.4 Å². The number of rotatable bonds is 10. The molecule has 0 atom stereocenters. The molecule has 0 unspecified atom stereocenters. The maximum atomic E-state index is 11.9. The summed E-state index contributed by atoms with van der Waals surface area (Å²) in [6.07, 6.45) is 5.32. The third kappa shape index (κ3) is 5.76. The number of hydrogen-bond acceptors (Lipinski definition) is 9. The molecule has 2 N–H and O–H groups in total. The van der Waals surface area contributed by atoms with Crippen LogP contribution in [0.2, 0.25) is 0 Å². The molecule has 0 bridgehead atoms. The van der Waals surface area contributed by atoms with Gasteiger partial charge in [0.2, 0.25) is 0 Å². The third-order valence-corrected chi connectivity index (χ3v) is 7.24. The van der Waals surface area contributed by atoms with E-state index in [2.05, 4.69) is 20.3 Å². The summed E-state index contributed by atoms with van der Waals surface area (Å²) < 4.78 is 42.0. The molecular formula is C25H25N6O6S2+. The van der Waals surface area contributed by atoms with Crippen LogP contribution in [-0.2, 0) is 31.9 Å². The monoisotopic (exact) mass is 569 g/mol. The normalized spacial score (nSPS) is 14.4. The van der Waals surface area contributed by atoms with Crippen molar-refractivity contribution in [2.75, 3.05) is 22.2 Å². The number of aryl methyl sites for hydroxylation is 1. The Hall–Kier alpha value is -3.89. The second kappa shape index (κ2) is 11.9. The molecule has 0 spiro atoms. The van der Waals surface area contributed by atoms with Crippen LogP contribution in [0.4, 0.5) is 17.1 Å². The number of anilines is 2. The Kier molecular flexibility index (Phi) is 8.57. The molecule has 3 aromatic rings. The molecule has 0 aliphatic carbocycles. The smallest absolute Gasteiger partial charge is 0.283 e. The second-order valence-corrected chi connectivity index (χ2v) is 10.3. The van der Waals surface area contributed by atoms with E-state index in [1.165, 1.54) is 4.90 Å². The van der Waals surface area contributed by atoms with Gasteiger partial charge in [0.05, 0.1) is 48.2 Å². The van der Waals surface area contributed by atoms with E-state index in [-0.39, 0.29) is 5.88 Å². The van der Waals surface area contributed by atoms with Gasteiger partial charge in [-0.3, -0.25) is 4.55 Å². The topological polar surface area (TPSA) is 137 Å². The summed E-state index contributed by atoms with van der Waals surface area (Å²) in [5.41, 5.74) is 3.68. The molecule has 1 aliphatic rings. The van der Waals surface area contributed by atoms with Crippen molar-refractivity contribution in [3.05, 3.63) is 77.2 Å². The fourth-order valence-corrected chi connectivity index (χ4v) is 5.68. The van der Waals surface area contributed by atoms with Gasteiger partial charge in [-0.05, 0) is 44.2 Å². The van der Waals surface area contributed by atoms with E-state index in [4.69, 9.17) is 11.8 Å². The average molecular weight is 570 g/mol. The minimum Gasteiger partial charge on any atom is -0.326 e. The first-order chi connectivity index (χ1) is 18.8. The van der Waals surface area contributed by atoms with Crippen molar-refractivity contribution in [3.63, 3.8) is 0 Å². The summed E-state index contributed by atoms with van der Waals surface area (Å²) in [5, 5.41) is 21.7. The lowest BCUT2D eigenvalue weighted by molar-refractivity contribution is -0.670. The Bertz CT molecular complexity index is 1650. The zero-order valence-electron chi connectivity index (χ0n) is 21.1. The van der Waals surface area contributed by atoms with E-state index in [1.807, 2.05) is 40.0 Å². The minimum atomic E-state index is -4.39. The van der Waals surface area contributed by atoms with Crippen LogP contribution in [0.1, 0.15) is 25.2 Å². The Morgan fingerprint density at radius 3 is 2.64 bits per heavy atom. The van der Waals surface area contributed by atoms with Gasteiger partial charge >= 0.3 is 0 Å². The zero-order chi connectivity index (χ0) is 28.2. The van der Waals surface area contributed by atoms with Crippen LogP contribution in [0.5, 0.6) is 0 Å². The molecule has 2 aromatic carbocycles. The molecule has 14 heteroatoms. The van der Waals surface area contributed by atoms with Crippen molar-refractivity contribution < 1.29 is 32.2 Å². The van der Waals surface area contributed by atoms with Gasteiger partial charge in [-0.15, -0.1) is 4.33 Å². The number of imidazole rings is 1. The van der Waals surface area contributed by atoms with Crippen LogP contribution in [0.3, 0.4) is 0 Å². The molecule has 0 saturated heterocycles. The minimum absolute atomic E-state index is 0.218. The molecule has 0 radical (unpaired) electrons. The van der Waals surface area contributed by atoms with Crippen molar-refractivity contribution in [1.82, 2.24) is 4.57 Å². The van der Waals surface area contributed by atoms with E-state index in [1.54, 1.807) is 42.5 Å². The Morgan fingerprint density at radius 2 is 2.00 bits per heavy atom. The summed E-state index contributed by atoms with van der Waals surface area (Å²) >= 11 is 0.847. The fraction of sp³-hybridized carbons (Fsp3) is 0.240. The summed E-state index contributed by atoms with van der Waals surface area (Å²) in [4.78, 5) is 6.80. The number of nitriles is 1. The first kappa shape index (κ1) is 28.1. The van der Waals surface area contributed by atoms with Gasteiger partial charge in [-0.2, -0.15) is 13.7 Å². The molecule has 39 heavy (non-hydrogen) atoms. The molecular weight excluding hydrogens is 544 g/mol. The largest absolute Gasteiger partial charge is 0.326 e. The van der Waals surface area contributed by atoms with Crippen LogP contribution in [0, 0.1) is 17.9 Å². The lowest BCUT2D eigenvalue weighted by Gasteiger charge is -2.23. The highest BCUT2D eigenvalue weighted by molar-refractivity contribution is 7.93. The van der Waals surface area contributed by atoms with Crippen molar-refractivity contribution in [1.29, 1.82) is 5.26 Å². The van der Waals surface area contributed by atoms with Gasteiger partial charge in [0.25, 0.3) is 15.9 Å². The van der Waals surface area contributed by atoms with E-state index < -0.39 is 16.0 Å². The van der Waals surface area contributed by atoms with Crippen LogP contribution < -0.4 is 14.4 Å². The summed E-state index contributed by atoms with van der Waals surface area (Å²) in [6.45, 7) is 12.3. The Labute approximate surface area is 229 Å². The van der Waals surface area contributed by atoms with Gasteiger partial charge in [0, 0.05) is 18.7 Å². The van der Waals surface area contributed by atoms with Crippen LogP contribution >= 0.6 is 12.0 Å². The number of benzene rings is 2. The SMILES string of the molecule is [C-]#[N+]c1ccc2c(c1)N(CS(=O)(=O)O)/C(=C/C=C/c1n(CSOOO)c3cc(C#N)ccc3[n+]1CC)N2CC. The maximum absolute atomic E-state index is 11.9. The molecule has 0 fully saturated rings. The van der Waals surface area contributed by atoms with E-state index >= 15 is 0 Å². The number of fused-ring (bicyclic) bond motifs is 2. The van der Waals surface area contributed by atoms with E-state index in [0.717, 1.165) is 28.9 Å². The van der Waals surface area contributed by atoms with Gasteiger partial charge in [0.15, 0.2) is 28.5 Å². The average Bonchev–Trinajstić information content (AvgIpc) is 3.37. The van der Waals surface area contributed by atoms with Gasteiger partial charge in [-0.25, -0.2) is 19.2 Å². The Balaban J connectivity index is 1.83. The predicted octanol–water partition coefficient (Wildman–Crippen LogP) is 4.44. The number of hydrogen-bond donors (Lipinski definition) is 2. The number of nitrogens with zero attached hydrogens (tertiary/aromatic N) is 6. The molecule has 12 nitrogen and oxygen atoms in total. The van der Waals surface area contributed by atoms with Crippen molar-refractivity contribution in [2.45, 2.75) is 26.3 Å². The van der Waals surface area contributed by atoms with Gasteiger partial charge in [-0.1, -0.05) is 17.2 Å². The Morgan fingerprint density at radius 1 is 1.21 bits per heavy atom. The van der Waals surface area contributed by atoms with Crippen molar-refractivity contribution in [3.8, 4) is 6.07 Å². The summed E-state index contributed by atoms with van der Waals surface area (Å²) in [5.74, 6) is 0.783. The lowest BCUT2D eigenvalue weighted by Crippen LogP contribution is -2.35. The van der Waals surface area contributed by atoms with E-state index in [0.29, 0.717) is 41.5 Å². The third-order valence-electron chi connectivity index (χ3n) is 6.14. The molecule has 202 valence electrons. The van der Waals surface area contributed by atoms with Gasteiger partial charge < -0.3 is 9.80 Å². The maximum Gasteiger partial charge on any atom is 0.283 e. The highest BCUT2D eigenvalue weighted by Crippen LogP contribution is 2.43. The first-order valence-corrected chi connectivity index (χ1v) is 14.2. The van der Waals surface area contributed by atoms with E-state index in [9.17, 15) is 18.2 Å². The number of aromatic nitrogens is 2. The highest BCUT2D eigenvalue weighted by atomic mass is 32.2. The quantitative estimate of drug-likeness (QED) is 0.0686. The first-order valence-electron chi connectivity index (χ1n) is 11.7. The fourth-order valence-electron chi connectivity index (χ4n) is 4.62. The highest BCUT2D eigenvalue weighted by Gasteiger charge is 2.33. The summed E-state index contributed by atoms with van der Waals surface area (Å²) in [7, 11) is -4.39. The number of allylic oxidation sites excluding steroid dienone is 2. The molecule has 4 rings (SSSR count). The zero-order valence-corrected chi connectivity index (χ0v) is 22.7. The second-order valence-electron chi connectivity index (χ2n) is 8.29. The molecule has 1 aromatic heterocycles. The van der Waals surface area contributed by atoms with Crippen molar-refractivity contribution >= 4 is 56.3 Å². The lowest BCUT2D eigenvalue weighted by atomic mass is 10.2. The molecule has 1 aliphatic heterocycles. The van der Waals surface area contributed by atoms with Crippen molar-refractivity contribution in [2.24, 2.45) is 0 Å². The molecule has 0 saturated carbocycles. The molecule has 2 heterocycles.